The first kappa shape index (κ1) is 30.8. The van der Waals surface area contributed by atoms with Crippen LogP contribution < -0.4 is 4.90 Å². The van der Waals surface area contributed by atoms with Gasteiger partial charge in [0, 0.05) is 41.0 Å². The first-order valence-electron chi connectivity index (χ1n) is 14.6. The molecular formula is C34H32F3N3O4. The van der Waals surface area contributed by atoms with E-state index in [0.717, 1.165) is 54.7 Å². The van der Waals surface area contributed by atoms with Crippen molar-refractivity contribution in [2.24, 2.45) is 5.92 Å². The molecule has 1 aliphatic carbocycles. The minimum Gasteiger partial charge on any atom is -0.472 e. The molecule has 0 bridgehead atoms. The van der Waals surface area contributed by atoms with Crippen molar-refractivity contribution in [2.45, 2.75) is 70.6 Å². The van der Waals surface area contributed by atoms with Crippen LogP contribution in [-0.4, -0.2) is 28.5 Å². The summed E-state index contributed by atoms with van der Waals surface area (Å²) < 4.78 is 46.4. The van der Waals surface area contributed by atoms with Crippen molar-refractivity contribution in [1.82, 2.24) is 4.90 Å². The lowest BCUT2D eigenvalue weighted by molar-refractivity contribution is -0.145. The Balaban J connectivity index is 1.70. The number of anilines is 1. The zero-order chi connectivity index (χ0) is 31.6. The molecule has 1 aliphatic heterocycles. The van der Waals surface area contributed by atoms with Gasteiger partial charge in [-0.3, -0.25) is 19.3 Å². The van der Waals surface area contributed by atoms with Crippen molar-refractivity contribution in [2.75, 3.05) is 4.90 Å². The summed E-state index contributed by atoms with van der Waals surface area (Å²) in [6.07, 6.45) is 2.68. The van der Waals surface area contributed by atoms with Crippen LogP contribution in [0.4, 0.5) is 18.9 Å². The maximum absolute atomic E-state index is 14.8. The number of Topliss-reactive ketones (excluding diaryl/α,β-unsaturated/α-hetero) is 1. The summed E-state index contributed by atoms with van der Waals surface area (Å²) in [5.74, 6) is -4.12. The number of nitrogens with zero attached hydrogens (tertiary/aromatic N) is 3. The molecule has 2 unspecified atom stereocenters. The van der Waals surface area contributed by atoms with Gasteiger partial charge in [-0.25, -0.2) is 0 Å². The van der Waals surface area contributed by atoms with E-state index in [-0.39, 0.29) is 29.5 Å². The van der Waals surface area contributed by atoms with Crippen LogP contribution in [0, 0.1) is 17.2 Å². The number of halogens is 3. The second kappa shape index (κ2) is 12.5. The SMILES string of the molecule is CC(=O)C1=C(C)N(c2cccc(C(F)(F)F)c2)C(=O)C(C(=O)N(Cc2ccoc2)C2CCCCC2)C1c1ccc(C#N)cc1. The Morgan fingerprint density at radius 2 is 1.77 bits per heavy atom. The monoisotopic (exact) mass is 603 g/mol. The largest absolute Gasteiger partial charge is 0.472 e. The van der Waals surface area contributed by atoms with Gasteiger partial charge in [-0.2, -0.15) is 18.4 Å². The Morgan fingerprint density at radius 3 is 2.36 bits per heavy atom. The second-order valence-corrected chi connectivity index (χ2v) is 11.4. The fourth-order valence-electron chi connectivity index (χ4n) is 6.49. The molecule has 2 aliphatic rings. The highest BCUT2D eigenvalue weighted by molar-refractivity contribution is 6.15. The second-order valence-electron chi connectivity index (χ2n) is 11.4. The van der Waals surface area contributed by atoms with Gasteiger partial charge in [0.2, 0.25) is 11.8 Å². The molecule has 2 atom stereocenters. The number of ketones is 1. The maximum Gasteiger partial charge on any atom is 0.416 e. The van der Waals surface area contributed by atoms with Gasteiger partial charge in [0.05, 0.1) is 29.7 Å². The lowest BCUT2D eigenvalue weighted by Crippen LogP contribution is -2.53. The average molecular weight is 604 g/mol. The summed E-state index contributed by atoms with van der Waals surface area (Å²) in [5, 5.41) is 9.36. The van der Waals surface area contributed by atoms with Gasteiger partial charge in [-0.05, 0) is 68.7 Å². The Kier molecular flexibility index (Phi) is 8.77. The van der Waals surface area contributed by atoms with Crippen molar-refractivity contribution in [3.63, 3.8) is 0 Å². The summed E-state index contributed by atoms with van der Waals surface area (Å²) in [5.41, 5.74) is 0.831. The number of hydrogen-bond donors (Lipinski definition) is 0. The van der Waals surface area contributed by atoms with Gasteiger partial charge in [-0.15, -0.1) is 0 Å². The van der Waals surface area contributed by atoms with Crippen LogP contribution in [0.2, 0.25) is 0 Å². The molecule has 1 saturated carbocycles. The number of rotatable bonds is 7. The molecule has 0 N–H and O–H groups in total. The van der Waals surface area contributed by atoms with Crippen LogP contribution in [0.3, 0.4) is 0 Å². The standard InChI is InChI=1S/C34H32F3N3O4/c1-21-29(22(2)41)30(25-13-11-23(18-38)12-14-25)31(33(43)40(21)28-10-6-7-26(17-28)34(35,36)37)32(42)39(19-24-15-16-44-20-24)27-8-4-3-5-9-27/h6-7,10-17,20,27,30-31H,3-5,8-9,19H2,1-2H3. The van der Waals surface area contributed by atoms with E-state index in [0.29, 0.717) is 11.1 Å². The van der Waals surface area contributed by atoms with Crippen LogP contribution in [-0.2, 0) is 27.1 Å². The Bertz CT molecular complexity index is 1610. The zero-order valence-electron chi connectivity index (χ0n) is 24.4. The van der Waals surface area contributed by atoms with Crippen LogP contribution in [0.5, 0.6) is 0 Å². The third-order valence-corrected chi connectivity index (χ3v) is 8.56. The van der Waals surface area contributed by atoms with E-state index in [1.807, 2.05) is 6.07 Å². The Hall–Kier alpha value is -4.65. The first-order valence-corrected chi connectivity index (χ1v) is 14.6. The van der Waals surface area contributed by atoms with Crippen molar-refractivity contribution < 1.29 is 32.0 Å². The quantitative estimate of drug-likeness (QED) is 0.268. The van der Waals surface area contributed by atoms with Crippen molar-refractivity contribution >= 4 is 23.3 Å². The average Bonchev–Trinajstić information content (AvgIpc) is 3.53. The van der Waals surface area contributed by atoms with E-state index in [2.05, 4.69) is 0 Å². The predicted octanol–water partition coefficient (Wildman–Crippen LogP) is 7.14. The normalized spacial score (nSPS) is 19.5. The number of hydrogen-bond acceptors (Lipinski definition) is 5. The summed E-state index contributed by atoms with van der Waals surface area (Å²) in [7, 11) is 0. The summed E-state index contributed by atoms with van der Waals surface area (Å²) in [6.45, 7) is 3.00. The number of furan rings is 1. The number of benzene rings is 2. The van der Waals surface area contributed by atoms with Crippen molar-refractivity contribution in [3.05, 3.63) is 101 Å². The minimum atomic E-state index is -4.67. The molecular weight excluding hydrogens is 571 g/mol. The molecule has 228 valence electrons. The fourth-order valence-corrected chi connectivity index (χ4v) is 6.49. The highest BCUT2D eigenvalue weighted by Gasteiger charge is 2.49. The van der Waals surface area contributed by atoms with E-state index in [4.69, 9.17) is 4.42 Å². The number of allylic oxidation sites excluding steroid dienone is 2. The van der Waals surface area contributed by atoms with Gasteiger partial charge in [-0.1, -0.05) is 37.5 Å². The minimum absolute atomic E-state index is 0.0868. The number of carbonyl (C=O) groups is 3. The molecule has 44 heavy (non-hydrogen) atoms. The molecule has 2 amide bonds. The molecule has 0 saturated heterocycles. The van der Waals surface area contributed by atoms with Crippen molar-refractivity contribution in [3.8, 4) is 6.07 Å². The first-order chi connectivity index (χ1) is 21.0. The lowest BCUT2D eigenvalue weighted by Gasteiger charge is -2.43. The molecule has 5 rings (SSSR count). The van der Waals surface area contributed by atoms with Gasteiger partial charge < -0.3 is 9.32 Å². The summed E-state index contributed by atoms with van der Waals surface area (Å²) >= 11 is 0. The Labute approximate surface area is 253 Å². The van der Waals surface area contributed by atoms with Gasteiger partial charge in [0.15, 0.2) is 5.78 Å². The smallest absolute Gasteiger partial charge is 0.416 e. The molecule has 3 aromatic rings. The van der Waals surface area contributed by atoms with E-state index in [1.165, 1.54) is 38.5 Å². The summed E-state index contributed by atoms with van der Waals surface area (Å²) in [6, 6.07) is 14.3. The topological polar surface area (TPSA) is 94.6 Å². The van der Waals surface area contributed by atoms with Crippen molar-refractivity contribution in [1.29, 1.82) is 5.26 Å². The lowest BCUT2D eigenvalue weighted by atomic mass is 9.73. The molecule has 7 nitrogen and oxygen atoms in total. The van der Waals surface area contributed by atoms with E-state index in [1.54, 1.807) is 35.2 Å². The summed E-state index contributed by atoms with van der Waals surface area (Å²) in [4.78, 5) is 45.5. The molecule has 10 heteroatoms. The third-order valence-electron chi connectivity index (χ3n) is 8.56. The van der Waals surface area contributed by atoms with Gasteiger partial charge in [0.25, 0.3) is 0 Å². The van der Waals surface area contributed by atoms with Crippen LogP contribution in [0.25, 0.3) is 0 Å². The Morgan fingerprint density at radius 1 is 1.07 bits per heavy atom. The van der Waals surface area contributed by atoms with E-state index < -0.39 is 41.2 Å². The number of nitriles is 1. The zero-order valence-corrected chi connectivity index (χ0v) is 24.4. The molecule has 1 aromatic heterocycles. The molecule has 1 fully saturated rings. The maximum atomic E-state index is 14.8. The van der Waals surface area contributed by atoms with E-state index in [9.17, 15) is 32.8 Å². The highest BCUT2D eigenvalue weighted by atomic mass is 19.4. The molecule has 2 heterocycles. The van der Waals surface area contributed by atoms with Crippen LogP contribution in [0.15, 0.2) is 82.8 Å². The molecule has 2 aromatic carbocycles. The van der Waals surface area contributed by atoms with Gasteiger partial charge in [0.1, 0.15) is 5.92 Å². The number of amides is 2. The number of carbonyl (C=O) groups excluding carboxylic acids is 3. The third kappa shape index (κ3) is 6.05. The van der Waals surface area contributed by atoms with Crippen LogP contribution in [0.1, 0.15) is 74.1 Å². The molecule has 0 radical (unpaired) electrons. The van der Waals surface area contributed by atoms with Crippen LogP contribution >= 0.6 is 0 Å². The molecule has 0 spiro atoms. The predicted molar refractivity (Wildman–Crippen MR) is 156 cm³/mol. The van der Waals surface area contributed by atoms with E-state index >= 15 is 0 Å². The van der Waals surface area contributed by atoms with Gasteiger partial charge >= 0.3 is 6.18 Å². The highest BCUT2D eigenvalue weighted by Crippen LogP contribution is 2.45. The number of alkyl halides is 3. The fraction of sp³-hybridized carbons (Fsp3) is 0.353.